The van der Waals surface area contributed by atoms with Gasteiger partial charge in [-0.2, -0.15) is 13.2 Å². The van der Waals surface area contributed by atoms with E-state index < -0.39 is 17.8 Å². The standard InChI is InChI=1S/C11H5ClF3NO2/c12-18-10(17)7-1-3-8-6(5-7)2-4-9(16-8)11(13,14)15/h1-5H. The molecule has 2 rings (SSSR count). The van der Waals surface area contributed by atoms with Gasteiger partial charge in [-0.25, -0.2) is 9.78 Å². The highest BCUT2D eigenvalue weighted by molar-refractivity contribution is 6.16. The fourth-order valence-corrected chi connectivity index (χ4v) is 1.54. The van der Waals surface area contributed by atoms with Crippen molar-refractivity contribution in [3.63, 3.8) is 0 Å². The van der Waals surface area contributed by atoms with Crippen molar-refractivity contribution in [2.45, 2.75) is 6.18 Å². The van der Waals surface area contributed by atoms with Crippen molar-refractivity contribution in [3.05, 3.63) is 41.6 Å². The minimum atomic E-state index is -4.50. The van der Waals surface area contributed by atoms with E-state index in [1.54, 1.807) is 0 Å². The molecule has 7 heteroatoms. The van der Waals surface area contributed by atoms with Gasteiger partial charge < -0.3 is 4.29 Å². The number of carbonyl (C=O) groups is 1. The lowest BCUT2D eigenvalue weighted by Crippen LogP contribution is -2.07. The fraction of sp³-hybridized carbons (Fsp3) is 0.0909. The summed E-state index contributed by atoms with van der Waals surface area (Å²) in [5, 5.41) is 0.391. The van der Waals surface area contributed by atoms with Crippen LogP contribution in [0.1, 0.15) is 16.1 Å². The molecule has 0 spiro atoms. The number of pyridine rings is 1. The smallest absolute Gasteiger partial charge is 0.343 e. The third-order valence-corrected chi connectivity index (χ3v) is 2.43. The lowest BCUT2D eigenvalue weighted by atomic mass is 10.1. The number of halogens is 4. The number of hydrogen-bond donors (Lipinski definition) is 0. The van der Waals surface area contributed by atoms with Crippen molar-refractivity contribution in [2.24, 2.45) is 0 Å². The highest BCUT2D eigenvalue weighted by atomic mass is 35.5. The first kappa shape index (κ1) is 12.6. The van der Waals surface area contributed by atoms with Gasteiger partial charge in [0, 0.05) is 5.39 Å². The molecule has 2 aromatic rings. The summed E-state index contributed by atoms with van der Waals surface area (Å²) in [6, 6.07) is 6.02. The Hall–Kier alpha value is -1.82. The Labute approximate surface area is 104 Å². The average Bonchev–Trinajstić information content (AvgIpc) is 2.35. The Kier molecular flexibility index (Phi) is 3.13. The third-order valence-electron chi connectivity index (χ3n) is 2.29. The fourth-order valence-electron chi connectivity index (χ4n) is 1.45. The van der Waals surface area contributed by atoms with Crippen LogP contribution in [0.15, 0.2) is 30.3 Å². The summed E-state index contributed by atoms with van der Waals surface area (Å²) in [7, 11) is 0. The second kappa shape index (κ2) is 4.45. The summed E-state index contributed by atoms with van der Waals surface area (Å²) < 4.78 is 41.3. The average molecular weight is 276 g/mol. The largest absolute Gasteiger partial charge is 0.433 e. The molecule has 0 fully saturated rings. The molecule has 0 aliphatic carbocycles. The predicted octanol–water partition coefficient (Wildman–Crippen LogP) is 3.56. The first-order chi connectivity index (χ1) is 8.41. The van der Waals surface area contributed by atoms with Gasteiger partial charge in [0.2, 0.25) is 0 Å². The zero-order valence-electron chi connectivity index (χ0n) is 8.66. The maximum atomic E-state index is 12.4. The van der Waals surface area contributed by atoms with Crippen LogP contribution in [0.25, 0.3) is 10.9 Å². The van der Waals surface area contributed by atoms with Crippen LogP contribution in [0.4, 0.5) is 13.2 Å². The summed E-state index contributed by atoms with van der Waals surface area (Å²) in [4.78, 5) is 14.6. The van der Waals surface area contributed by atoms with Crippen LogP contribution in [-0.4, -0.2) is 11.0 Å². The zero-order chi connectivity index (χ0) is 13.3. The van der Waals surface area contributed by atoms with Crippen molar-refractivity contribution in [2.75, 3.05) is 0 Å². The van der Waals surface area contributed by atoms with Crippen LogP contribution >= 0.6 is 11.9 Å². The number of rotatable bonds is 1. The number of carbonyl (C=O) groups excluding carboxylic acids is 1. The molecule has 3 nitrogen and oxygen atoms in total. The number of hydrogen-bond acceptors (Lipinski definition) is 3. The first-order valence-corrected chi connectivity index (χ1v) is 5.03. The van der Waals surface area contributed by atoms with Crippen molar-refractivity contribution in [1.82, 2.24) is 4.98 Å². The van der Waals surface area contributed by atoms with Crippen LogP contribution in [0.3, 0.4) is 0 Å². The van der Waals surface area contributed by atoms with Gasteiger partial charge in [-0.15, -0.1) is 0 Å². The van der Waals surface area contributed by atoms with Crippen LogP contribution < -0.4 is 0 Å². The Morgan fingerprint density at radius 2 is 1.94 bits per heavy atom. The molecule has 0 aliphatic rings. The predicted molar refractivity (Wildman–Crippen MR) is 58.0 cm³/mol. The molecule has 94 valence electrons. The van der Waals surface area contributed by atoms with Gasteiger partial charge >= 0.3 is 12.1 Å². The molecule has 18 heavy (non-hydrogen) atoms. The molecule has 0 bridgehead atoms. The number of alkyl halides is 3. The number of aromatic nitrogens is 1. The van der Waals surface area contributed by atoms with Crippen molar-refractivity contribution in [1.29, 1.82) is 0 Å². The van der Waals surface area contributed by atoms with Crippen LogP contribution in [0.2, 0.25) is 0 Å². The normalized spacial score (nSPS) is 11.6. The molecule has 0 amide bonds. The van der Waals surface area contributed by atoms with E-state index in [1.165, 1.54) is 24.3 Å². The molecule has 1 heterocycles. The molecular weight excluding hydrogens is 271 g/mol. The molecule has 1 aromatic heterocycles. The van der Waals surface area contributed by atoms with Gasteiger partial charge in [0.05, 0.1) is 11.1 Å². The van der Waals surface area contributed by atoms with Gasteiger partial charge in [-0.1, -0.05) is 6.07 Å². The van der Waals surface area contributed by atoms with Gasteiger partial charge in [0.1, 0.15) is 17.6 Å². The molecule has 0 unspecified atom stereocenters. The summed E-state index contributed by atoms with van der Waals surface area (Å²) >= 11 is 4.91. The maximum Gasteiger partial charge on any atom is 0.433 e. The molecule has 0 N–H and O–H groups in total. The van der Waals surface area contributed by atoms with Gasteiger partial charge in [-0.3, -0.25) is 0 Å². The molecular formula is C11H5ClF3NO2. The Morgan fingerprint density at radius 3 is 2.56 bits per heavy atom. The van der Waals surface area contributed by atoms with Crippen molar-refractivity contribution >= 4 is 28.7 Å². The Balaban J connectivity index is 2.52. The molecule has 0 saturated carbocycles. The summed E-state index contributed by atoms with van der Waals surface area (Å²) in [5.41, 5.74) is -0.710. The highest BCUT2D eigenvalue weighted by Crippen LogP contribution is 2.29. The Bertz CT molecular complexity index is 613. The third kappa shape index (κ3) is 2.38. The number of benzene rings is 1. The summed E-state index contributed by atoms with van der Waals surface area (Å²) in [6.07, 6.45) is -4.50. The monoisotopic (exact) mass is 275 g/mol. The topological polar surface area (TPSA) is 39.2 Å². The van der Waals surface area contributed by atoms with Crippen LogP contribution in [-0.2, 0) is 10.5 Å². The zero-order valence-corrected chi connectivity index (χ0v) is 9.42. The minimum absolute atomic E-state index is 0.135. The van der Waals surface area contributed by atoms with E-state index in [0.29, 0.717) is 5.39 Å². The summed E-state index contributed by atoms with van der Waals surface area (Å²) in [5.74, 6) is -0.779. The highest BCUT2D eigenvalue weighted by Gasteiger charge is 2.32. The molecule has 0 saturated heterocycles. The van der Waals surface area contributed by atoms with Gasteiger partial charge in [-0.05, 0) is 24.3 Å². The van der Waals surface area contributed by atoms with Crippen LogP contribution in [0, 0.1) is 0 Å². The van der Waals surface area contributed by atoms with E-state index >= 15 is 0 Å². The van der Waals surface area contributed by atoms with Crippen LogP contribution in [0.5, 0.6) is 0 Å². The maximum absolute atomic E-state index is 12.4. The first-order valence-electron chi connectivity index (χ1n) is 4.73. The lowest BCUT2D eigenvalue weighted by molar-refractivity contribution is -0.140. The van der Waals surface area contributed by atoms with Crippen molar-refractivity contribution < 1.29 is 22.3 Å². The van der Waals surface area contributed by atoms with Gasteiger partial charge in [0.25, 0.3) is 0 Å². The van der Waals surface area contributed by atoms with E-state index in [4.69, 9.17) is 11.9 Å². The van der Waals surface area contributed by atoms with E-state index in [1.807, 2.05) is 0 Å². The van der Waals surface area contributed by atoms with Gasteiger partial charge in [0.15, 0.2) is 0 Å². The molecule has 0 radical (unpaired) electrons. The van der Waals surface area contributed by atoms with Crippen molar-refractivity contribution in [3.8, 4) is 0 Å². The van der Waals surface area contributed by atoms with E-state index in [-0.39, 0.29) is 11.1 Å². The molecule has 1 aromatic carbocycles. The second-order valence-electron chi connectivity index (χ2n) is 3.47. The number of fused-ring (bicyclic) bond motifs is 1. The molecule has 0 atom stereocenters. The lowest BCUT2D eigenvalue weighted by Gasteiger charge is -2.07. The van der Waals surface area contributed by atoms with E-state index in [2.05, 4.69) is 9.27 Å². The second-order valence-corrected chi connectivity index (χ2v) is 3.62. The Morgan fingerprint density at radius 1 is 1.22 bits per heavy atom. The minimum Gasteiger partial charge on any atom is -0.343 e. The molecule has 0 aliphatic heterocycles. The van der Waals surface area contributed by atoms with E-state index in [9.17, 15) is 18.0 Å². The SMILES string of the molecule is O=C(OCl)c1ccc2nc(C(F)(F)F)ccc2c1. The quantitative estimate of drug-likeness (QED) is 0.799. The van der Waals surface area contributed by atoms with E-state index in [0.717, 1.165) is 6.07 Å². The summed E-state index contributed by atoms with van der Waals surface area (Å²) in [6.45, 7) is 0. The number of nitrogens with zero attached hydrogens (tertiary/aromatic N) is 1.